The van der Waals surface area contributed by atoms with Crippen LogP contribution >= 0.6 is 11.3 Å². The second-order valence-electron chi connectivity index (χ2n) is 3.18. The average molecular weight is 249 g/mol. The molecule has 0 aromatic carbocycles. The van der Waals surface area contributed by atoms with Gasteiger partial charge in [0.1, 0.15) is 12.4 Å². The van der Waals surface area contributed by atoms with Crippen LogP contribution in [-0.4, -0.2) is 29.3 Å². The number of nitrogens with zero attached hydrogens (tertiary/aromatic N) is 2. The Morgan fingerprint density at radius 2 is 2.41 bits per heavy atom. The molecule has 88 valence electrons. The summed E-state index contributed by atoms with van der Waals surface area (Å²) in [6.45, 7) is 0.805. The van der Waals surface area contributed by atoms with Crippen LogP contribution in [0, 0.1) is 0 Å². The van der Waals surface area contributed by atoms with Gasteiger partial charge in [0.15, 0.2) is 0 Å². The van der Waals surface area contributed by atoms with Gasteiger partial charge in [-0.05, 0) is 23.6 Å². The van der Waals surface area contributed by atoms with Crippen LogP contribution in [0.1, 0.15) is 10.4 Å². The maximum atomic E-state index is 11.4. The average Bonchev–Trinajstić information content (AvgIpc) is 2.89. The third-order valence-electron chi connectivity index (χ3n) is 1.97. The first kappa shape index (κ1) is 11.5. The van der Waals surface area contributed by atoms with Gasteiger partial charge in [0.25, 0.3) is 0 Å². The van der Waals surface area contributed by atoms with Crippen molar-refractivity contribution in [1.82, 2.24) is 10.2 Å². The lowest BCUT2D eigenvalue weighted by Crippen LogP contribution is -2.14. The summed E-state index contributed by atoms with van der Waals surface area (Å²) in [4.78, 5) is 11.4. The number of thiophene rings is 1. The van der Waals surface area contributed by atoms with E-state index in [0.29, 0.717) is 24.5 Å². The molecule has 0 fully saturated rings. The lowest BCUT2D eigenvalue weighted by molar-refractivity contribution is 0.0521. The Hall–Kier alpha value is -1.95. The van der Waals surface area contributed by atoms with E-state index in [1.165, 1.54) is 11.3 Å². The molecule has 0 aliphatic heterocycles. The van der Waals surface area contributed by atoms with Crippen molar-refractivity contribution in [3.63, 3.8) is 0 Å². The smallest absolute Gasteiger partial charge is 0.339 e. The first-order valence-corrected chi connectivity index (χ1v) is 6.01. The van der Waals surface area contributed by atoms with Crippen LogP contribution < -0.4 is 5.32 Å². The van der Waals surface area contributed by atoms with Crippen LogP contribution in [0.3, 0.4) is 0 Å². The second-order valence-corrected chi connectivity index (χ2v) is 3.96. The van der Waals surface area contributed by atoms with E-state index in [4.69, 9.17) is 4.74 Å². The van der Waals surface area contributed by atoms with Crippen molar-refractivity contribution in [2.45, 2.75) is 0 Å². The number of nitrogens with one attached hydrogen (secondary N) is 1. The molecular weight excluding hydrogens is 238 g/mol. The van der Waals surface area contributed by atoms with Gasteiger partial charge in [0.05, 0.1) is 12.1 Å². The highest BCUT2D eigenvalue weighted by molar-refractivity contribution is 7.08. The summed E-state index contributed by atoms with van der Waals surface area (Å²) in [5, 5.41) is 14.2. The van der Waals surface area contributed by atoms with Crippen LogP contribution in [0.25, 0.3) is 0 Å². The van der Waals surface area contributed by atoms with Gasteiger partial charge < -0.3 is 10.1 Å². The van der Waals surface area contributed by atoms with Crippen LogP contribution in [-0.2, 0) is 4.74 Å². The van der Waals surface area contributed by atoms with Crippen molar-refractivity contribution in [3.05, 3.63) is 40.7 Å². The summed E-state index contributed by atoms with van der Waals surface area (Å²) >= 11 is 1.47. The van der Waals surface area contributed by atoms with E-state index in [1.54, 1.807) is 29.8 Å². The van der Waals surface area contributed by atoms with Gasteiger partial charge >= 0.3 is 5.97 Å². The van der Waals surface area contributed by atoms with E-state index in [-0.39, 0.29) is 5.97 Å². The fourth-order valence-electron chi connectivity index (χ4n) is 1.18. The van der Waals surface area contributed by atoms with Crippen LogP contribution in [0.2, 0.25) is 0 Å². The maximum absolute atomic E-state index is 11.4. The topological polar surface area (TPSA) is 64.1 Å². The molecule has 2 aromatic rings. The van der Waals surface area contributed by atoms with Gasteiger partial charge in [-0.15, -0.1) is 5.10 Å². The molecule has 0 saturated carbocycles. The minimum absolute atomic E-state index is 0.297. The Morgan fingerprint density at radius 1 is 1.47 bits per heavy atom. The van der Waals surface area contributed by atoms with Gasteiger partial charge in [-0.25, -0.2) is 4.79 Å². The van der Waals surface area contributed by atoms with Crippen LogP contribution in [0.4, 0.5) is 5.82 Å². The minimum Gasteiger partial charge on any atom is -0.460 e. The summed E-state index contributed by atoms with van der Waals surface area (Å²) in [6.07, 6.45) is 1.60. The normalized spacial score (nSPS) is 9.88. The largest absolute Gasteiger partial charge is 0.460 e. The Bertz CT molecular complexity index is 459. The number of hydrogen-bond donors (Lipinski definition) is 1. The molecule has 1 N–H and O–H groups in total. The highest BCUT2D eigenvalue weighted by atomic mass is 32.1. The summed E-state index contributed by atoms with van der Waals surface area (Å²) in [7, 11) is 0. The third-order valence-corrected chi connectivity index (χ3v) is 2.65. The standard InChI is InChI=1S/C11H11N3O2S/c15-11(9-3-7-17-8-9)16-6-5-12-10-2-1-4-13-14-10/h1-4,7-8H,5-6H2,(H,12,14). The zero-order valence-electron chi connectivity index (χ0n) is 9.00. The number of carbonyl (C=O) groups excluding carboxylic acids is 1. The molecule has 0 atom stereocenters. The van der Waals surface area contributed by atoms with Gasteiger partial charge in [-0.3, -0.25) is 0 Å². The number of esters is 1. The first-order valence-electron chi connectivity index (χ1n) is 5.07. The van der Waals surface area contributed by atoms with E-state index < -0.39 is 0 Å². The fraction of sp³-hybridized carbons (Fsp3) is 0.182. The highest BCUT2D eigenvalue weighted by Gasteiger charge is 2.06. The number of anilines is 1. The van der Waals surface area contributed by atoms with Crippen molar-refractivity contribution in [3.8, 4) is 0 Å². The van der Waals surface area contributed by atoms with E-state index in [1.807, 2.05) is 5.38 Å². The van der Waals surface area contributed by atoms with Crippen molar-refractivity contribution in [2.24, 2.45) is 0 Å². The summed E-state index contributed by atoms with van der Waals surface area (Å²) in [5.74, 6) is 0.367. The van der Waals surface area contributed by atoms with Crippen molar-refractivity contribution in [1.29, 1.82) is 0 Å². The molecule has 2 heterocycles. The number of carbonyl (C=O) groups is 1. The molecule has 0 radical (unpaired) electrons. The third kappa shape index (κ3) is 3.53. The molecule has 0 bridgehead atoms. The fourth-order valence-corrected chi connectivity index (χ4v) is 1.81. The summed E-state index contributed by atoms with van der Waals surface area (Å²) in [6, 6.07) is 5.32. The second kappa shape index (κ2) is 5.95. The zero-order chi connectivity index (χ0) is 11.9. The monoisotopic (exact) mass is 249 g/mol. The molecule has 0 aliphatic rings. The minimum atomic E-state index is -0.299. The van der Waals surface area contributed by atoms with Gasteiger partial charge in [-0.2, -0.15) is 16.4 Å². The SMILES string of the molecule is O=C(OCCNc1cccnn1)c1ccsc1. The van der Waals surface area contributed by atoms with Gasteiger partial charge in [0, 0.05) is 11.6 Å². The first-order chi connectivity index (χ1) is 8.36. The van der Waals surface area contributed by atoms with E-state index in [2.05, 4.69) is 15.5 Å². The molecule has 6 heteroatoms. The molecule has 17 heavy (non-hydrogen) atoms. The lowest BCUT2D eigenvalue weighted by Gasteiger charge is -2.05. The highest BCUT2D eigenvalue weighted by Crippen LogP contribution is 2.07. The van der Waals surface area contributed by atoms with Crippen molar-refractivity contribution < 1.29 is 9.53 Å². The Labute approximate surface area is 102 Å². The molecular formula is C11H11N3O2S. The van der Waals surface area contributed by atoms with Gasteiger partial charge in [0.2, 0.25) is 0 Å². The molecule has 0 unspecified atom stereocenters. The van der Waals surface area contributed by atoms with Crippen molar-refractivity contribution in [2.75, 3.05) is 18.5 Å². The number of rotatable bonds is 5. The lowest BCUT2D eigenvalue weighted by atomic mass is 10.3. The molecule has 0 aliphatic carbocycles. The van der Waals surface area contributed by atoms with Crippen LogP contribution in [0.5, 0.6) is 0 Å². The quantitative estimate of drug-likeness (QED) is 0.646. The Morgan fingerprint density at radius 3 is 3.12 bits per heavy atom. The number of ether oxygens (including phenoxy) is 1. The molecule has 5 nitrogen and oxygen atoms in total. The summed E-state index contributed by atoms with van der Waals surface area (Å²) in [5.41, 5.74) is 0.592. The van der Waals surface area contributed by atoms with E-state index in [9.17, 15) is 4.79 Å². The summed E-state index contributed by atoms with van der Waals surface area (Å²) < 4.78 is 5.07. The molecule has 2 aromatic heterocycles. The predicted molar refractivity (Wildman–Crippen MR) is 65.1 cm³/mol. The van der Waals surface area contributed by atoms with Crippen LogP contribution in [0.15, 0.2) is 35.2 Å². The number of hydrogen-bond acceptors (Lipinski definition) is 6. The zero-order valence-corrected chi connectivity index (χ0v) is 9.81. The van der Waals surface area contributed by atoms with E-state index >= 15 is 0 Å². The van der Waals surface area contributed by atoms with Crippen molar-refractivity contribution >= 4 is 23.1 Å². The Balaban J connectivity index is 1.69. The molecule has 0 spiro atoms. The molecule has 0 saturated heterocycles. The number of aromatic nitrogens is 2. The molecule has 2 rings (SSSR count). The molecule has 0 amide bonds. The predicted octanol–water partition coefficient (Wildman–Crippen LogP) is 1.81. The maximum Gasteiger partial charge on any atom is 0.339 e. The van der Waals surface area contributed by atoms with E-state index in [0.717, 1.165) is 0 Å². The van der Waals surface area contributed by atoms with Gasteiger partial charge in [-0.1, -0.05) is 0 Å². The Kier molecular flexibility index (Phi) is 4.04.